The molecule has 0 fully saturated rings. The fraction of sp³-hybridized carbons (Fsp3) is 0.0455. The Kier molecular flexibility index (Phi) is 9.76. The van der Waals surface area contributed by atoms with Gasteiger partial charge in [-0.05, 0) is 71.1 Å². The SMILES string of the molecule is Cc1ccc(C=Cc2ccc(P(c3ccc(C=Cc4ccccc4)cc3)c3ccc(C=Cc4ccc(C)cc4)cc3)cc2)cc1. The third-order valence-corrected chi connectivity index (χ3v) is 10.3. The molecule has 1 heteroatoms. The average molecular weight is 597 g/mol. The van der Waals surface area contributed by atoms with E-state index in [1.54, 1.807) is 0 Å². The highest BCUT2D eigenvalue weighted by Gasteiger charge is 2.16. The minimum atomic E-state index is -0.722. The summed E-state index contributed by atoms with van der Waals surface area (Å²) < 4.78 is 0. The first-order chi connectivity index (χ1) is 22.1. The van der Waals surface area contributed by atoms with Gasteiger partial charge in [0.1, 0.15) is 0 Å². The molecular weight excluding hydrogens is 559 g/mol. The molecule has 0 nitrogen and oxygen atoms in total. The Bertz CT molecular complexity index is 1790. The standard InChI is InChI=1S/C44H37P/c1-34-8-12-37(13-9-34)18-20-40-24-30-43(31-25-40)45(42-28-22-39(23-29-42)17-16-36-6-4-3-5-7-36)44-32-26-41(27-33-44)21-19-38-14-10-35(2)11-15-38/h3-33H,1-2H3. The molecule has 45 heavy (non-hydrogen) atoms. The van der Waals surface area contributed by atoms with E-state index in [0.717, 1.165) is 0 Å². The summed E-state index contributed by atoms with van der Waals surface area (Å²) in [5, 5.41) is 4.02. The van der Waals surface area contributed by atoms with Gasteiger partial charge in [0.05, 0.1) is 0 Å². The van der Waals surface area contributed by atoms with Gasteiger partial charge in [0.2, 0.25) is 0 Å². The highest BCUT2D eigenvalue weighted by Crippen LogP contribution is 2.33. The van der Waals surface area contributed by atoms with E-state index in [-0.39, 0.29) is 0 Å². The molecule has 6 rings (SSSR count). The average Bonchev–Trinajstić information content (AvgIpc) is 3.09. The molecule has 0 N–H and O–H groups in total. The van der Waals surface area contributed by atoms with E-state index >= 15 is 0 Å². The summed E-state index contributed by atoms with van der Waals surface area (Å²) in [6.07, 6.45) is 13.1. The van der Waals surface area contributed by atoms with Gasteiger partial charge in [0.25, 0.3) is 0 Å². The molecule has 0 heterocycles. The molecular formula is C44H37P. The van der Waals surface area contributed by atoms with Crippen molar-refractivity contribution in [2.45, 2.75) is 13.8 Å². The van der Waals surface area contributed by atoms with Crippen LogP contribution in [-0.4, -0.2) is 0 Å². The zero-order valence-electron chi connectivity index (χ0n) is 25.8. The zero-order chi connectivity index (χ0) is 30.8. The Morgan fingerprint density at radius 3 is 0.822 bits per heavy atom. The highest BCUT2D eigenvalue weighted by molar-refractivity contribution is 7.79. The molecule has 0 radical (unpaired) electrons. The van der Waals surface area contributed by atoms with Crippen molar-refractivity contribution in [2.75, 3.05) is 0 Å². The van der Waals surface area contributed by atoms with Crippen LogP contribution in [-0.2, 0) is 0 Å². The topological polar surface area (TPSA) is 0 Å². The molecule has 0 atom stereocenters. The van der Waals surface area contributed by atoms with Crippen LogP contribution in [0.3, 0.4) is 0 Å². The van der Waals surface area contributed by atoms with E-state index in [9.17, 15) is 0 Å². The van der Waals surface area contributed by atoms with E-state index in [1.807, 2.05) is 6.07 Å². The molecule has 0 amide bonds. The van der Waals surface area contributed by atoms with Crippen molar-refractivity contribution < 1.29 is 0 Å². The van der Waals surface area contributed by atoms with Crippen molar-refractivity contribution in [1.82, 2.24) is 0 Å². The number of hydrogen-bond acceptors (Lipinski definition) is 0. The predicted octanol–water partition coefficient (Wildman–Crippen LogP) is 10.6. The molecule has 6 aromatic rings. The Hall–Kier alpha value is -5.03. The first-order valence-electron chi connectivity index (χ1n) is 15.4. The van der Waals surface area contributed by atoms with Crippen molar-refractivity contribution >= 4 is 60.3 Å². The molecule has 0 aromatic heterocycles. The van der Waals surface area contributed by atoms with Gasteiger partial charge in [0, 0.05) is 0 Å². The molecule has 0 aliphatic rings. The van der Waals surface area contributed by atoms with E-state index in [4.69, 9.17) is 0 Å². The van der Waals surface area contributed by atoms with E-state index in [0.29, 0.717) is 0 Å². The van der Waals surface area contributed by atoms with Crippen LogP contribution in [0.25, 0.3) is 36.5 Å². The van der Waals surface area contributed by atoms with Gasteiger partial charge in [-0.1, -0.05) is 199 Å². The van der Waals surface area contributed by atoms with Gasteiger partial charge in [-0.25, -0.2) is 0 Å². The van der Waals surface area contributed by atoms with Crippen LogP contribution in [0, 0.1) is 13.8 Å². The van der Waals surface area contributed by atoms with Gasteiger partial charge in [-0.3, -0.25) is 0 Å². The lowest BCUT2D eigenvalue weighted by atomic mass is 10.1. The minimum absolute atomic E-state index is 0.722. The first kappa shape index (κ1) is 30.0. The second-order valence-corrected chi connectivity index (χ2v) is 13.6. The quantitative estimate of drug-likeness (QED) is 0.115. The van der Waals surface area contributed by atoms with E-state index in [1.165, 1.54) is 60.4 Å². The smallest absolute Gasteiger partial charge is 0.0134 e. The summed E-state index contributed by atoms with van der Waals surface area (Å²) in [7, 11) is -0.722. The Balaban J connectivity index is 1.27. The summed E-state index contributed by atoms with van der Waals surface area (Å²) in [6, 6.07) is 55.0. The largest absolute Gasteiger partial charge is 0.0622 e. The molecule has 6 aromatic carbocycles. The number of hydrogen-bond donors (Lipinski definition) is 0. The lowest BCUT2D eigenvalue weighted by Gasteiger charge is -2.20. The second-order valence-electron chi connectivity index (χ2n) is 11.3. The summed E-state index contributed by atoms with van der Waals surface area (Å²) in [5.41, 5.74) is 9.79. The summed E-state index contributed by atoms with van der Waals surface area (Å²) in [4.78, 5) is 0. The molecule has 218 valence electrons. The Morgan fingerprint density at radius 1 is 0.289 bits per heavy atom. The van der Waals surface area contributed by atoms with Crippen LogP contribution >= 0.6 is 7.92 Å². The van der Waals surface area contributed by atoms with Crippen molar-refractivity contribution in [3.8, 4) is 0 Å². The molecule has 0 aliphatic carbocycles. The highest BCUT2D eigenvalue weighted by atomic mass is 31.1. The lowest BCUT2D eigenvalue weighted by molar-refractivity contribution is 1.46. The van der Waals surface area contributed by atoms with Crippen molar-refractivity contribution in [1.29, 1.82) is 0 Å². The molecule has 0 unspecified atom stereocenters. The van der Waals surface area contributed by atoms with Crippen molar-refractivity contribution in [3.63, 3.8) is 0 Å². The van der Waals surface area contributed by atoms with Crippen LogP contribution < -0.4 is 15.9 Å². The predicted molar refractivity (Wildman–Crippen MR) is 201 cm³/mol. The number of benzene rings is 6. The maximum atomic E-state index is 2.30. The third-order valence-electron chi connectivity index (χ3n) is 7.81. The van der Waals surface area contributed by atoms with Crippen LogP contribution in [0.5, 0.6) is 0 Å². The molecule has 0 saturated carbocycles. The Morgan fingerprint density at radius 2 is 0.533 bits per heavy atom. The minimum Gasteiger partial charge on any atom is -0.0622 e. The normalized spacial score (nSPS) is 12.3. The number of rotatable bonds is 9. The summed E-state index contributed by atoms with van der Waals surface area (Å²) >= 11 is 0. The fourth-order valence-corrected chi connectivity index (χ4v) is 7.38. The van der Waals surface area contributed by atoms with Crippen LogP contribution in [0.15, 0.2) is 152 Å². The Labute approximate surface area is 269 Å². The van der Waals surface area contributed by atoms with Crippen LogP contribution in [0.2, 0.25) is 0 Å². The molecule has 0 aliphatic heterocycles. The monoisotopic (exact) mass is 596 g/mol. The number of aryl methyl sites for hydroxylation is 2. The zero-order valence-corrected chi connectivity index (χ0v) is 26.7. The molecule has 0 saturated heterocycles. The van der Waals surface area contributed by atoms with Gasteiger partial charge in [0.15, 0.2) is 0 Å². The first-order valence-corrected chi connectivity index (χ1v) is 16.8. The molecule has 0 spiro atoms. The third kappa shape index (κ3) is 8.33. The lowest BCUT2D eigenvalue weighted by Crippen LogP contribution is -2.20. The van der Waals surface area contributed by atoms with E-state index in [2.05, 4.69) is 196 Å². The van der Waals surface area contributed by atoms with Gasteiger partial charge < -0.3 is 0 Å². The summed E-state index contributed by atoms with van der Waals surface area (Å²) in [5.74, 6) is 0. The van der Waals surface area contributed by atoms with Gasteiger partial charge in [-0.2, -0.15) is 0 Å². The van der Waals surface area contributed by atoms with Crippen molar-refractivity contribution in [2.24, 2.45) is 0 Å². The fourth-order valence-electron chi connectivity index (χ4n) is 5.15. The van der Waals surface area contributed by atoms with Crippen molar-refractivity contribution in [3.05, 3.63) is 196 Å². The summed E-state index contributed by atoms with van der Waals surface area (Å²) in [6.45, 7) is 4.24. The van der Waals surface area contributed by atoms with E-state index < -0.39 is 7.92 Å². The molecule has 0 bridgehead atoms. The van der Waals surface area contributed by atoms with Crippen LogP contribution in [0.4, 0.5) is 0 Å². The van der Waals surface area contributed by atoms with Crippen LogP contribution in [0.1, 0.15) is 44.5 Å². The maximum Gasteiger partial charge on any atom is -0.0134 e. The second kappa shape index (κ2) is 14.6. The maximum absolute atomic E-state index is 2.30. The van der Waals surface area contributed by atoms with Gasteiger partial charge >= 0.3 is 0 Å². The van der Waals surface area contributed by atoms with Gasteiger partial charge in [-0.15, -0.1) is 0 Å².